The Labute approximate surface area is 406 Å². The molecule has 0 aliphatic carbocycles. The highest BCUT2D eigenvalue weighted by Crippen LogP contribution is 2.43. The summed E-state index contributed by atoms with van der Waals surface area (Å²) in [4.78, 5) is 2.34. The molecule has 0 aliphatic rings. The van der Waals surface area contributed by atoms with E-state index >= 15 is 0 Å². The Hall–Kier alpha value is -9.24. The first-order valence-corrected chi connectivity index (χ1v) is 24.2. The molecular weight excluding hydrogens is 845 g/mol. The predicted octanol–water partition coefficient (Wildman–Crippen LogP) is 19.0. The Morgan fingerprint density at radius 1 is 0.229 bits per heavy atom. The number of nitrogens with zero attached hydrogens (tertiary/aromatic N) is 2. The van der Waals surface area contributed by atoms with Gasteiger partial charge in [0.25, 0.3) is 0 Å². The molecule has 0 N–H and O–H groups in total. The fourth-order valence-electron chi connectivity index (χ4n) is 11.2. The lowest BCUT2D eigenvalue weighted by molar-refractivity contribution is 1.19. The van der Waals surface area contributed by atoms with Crippen LogP contribution >= 0.6 is 0 Å². The van der Waals surface area contributed by atoms with Gasteiger partial charge in [-0.05, 0) is 166 Å². The molecule has 13 aromatic carbocycles. The largest absolute Gasteiger partial charge is 0.311 e. The van der Waals surface area contributed by atoms with Crippen molar-refractivity contribution in [3.63, 3.8) is 0 Å². The van der Waals surface area contributed by atoms with Crippen molar-refractivity contribution in [3.05, 3.63) is 267 Å². The van der Waals surface area contributed by atoms with Crippen molar-refractivity contribution >= 4 is 92.7 Å². The van der Waals surface area contributed by atoms with Gasteiger partial charge in [-0.15, -0.1) is 0 Å². The molecule has 0 unspecified atom stereocenters. The first kappa shape index (κ1) is 39.9. The van der Waals surface area contributed by atoms with E-state index in [1.165, 1.54) is 109 Å². The van der Waals surface area contributed by atoms with Gasteiger partial charge in [-0.2, -0.15) is 0 Å². The molecule has 0 bridgehead atoms. The van der Waals surface area contributed by atoms with E-state index in [1.54, 1.807) is 0 Å². The first-order chi connectivity index (χ1) is 34.7. The van der Waals surface area contributed by atoms with E-state index < -0.39 is 0 Å². The predicted molar refractivity (Wildman–Crippen MR) is 299 cm³/mol. The molecule has 0 fully saturated rings. The molecule has 2 nitrogen and oxygen atoms in total. The van der Waals surface area contributed by atoms with E-state index in [0.717, 1.165) is 22.7 Å². The number of para-hydroxylation sites is 1. The van der Waals surface area contributed by atoms with Crippen molar-refractivity contribution in [2.24, 2.45) is 0 Å². The summed E-state index contributed by atoms with van der Waals surface area (Å²) in [5.41, 5.74) is 14.0. The van der Waals surface area contributed by atoms with E-state index in [-0.39, 0.29) is 0 Å². The molecule has 0 saturated heterocycles. The lowest BCUT2D eigenvalue weighted by atomic mass is 9.92. The third-order valence-corrected chi connectivity index (χ3v) is 14.5. The molecule has 14 aromatic rings. The molecule has 70 heavy (non-hydrogen) atoms. The lowest BCUT2D eigenvalue weighted by Gasteiger charge is -2.26. The Balaban J connectivity index is 0.939. The van der Waals surface area contributed by atoms with Gasteiger partial charge in [-0.3, -0.25) is 0 Å². The number of hydrogen-bond acceptors (Lipinski definition) is 1. The molecule has 0 aliphatic heterocycles. The molecule has 0 radical (unpaired) electrons. The Morgan fingerprint density at radius 3 is 1.26 bits per heavy atom. The van der Waals surface area contributed by atoms with Crippen LogP contribution in [-0.4, -0.2) is 4.57 Å². The van der Waals surface area contributed by atoms with Crippen LogP contribution in [0.15, 0.2) is 267 Å². The van der Waals surface area contributed by atoms with E-state index in [4.69, 9.17) is 0 Å². The zero-order valence-corrected chi connectivity index (χ0v) is 38.3. The number of benzene rings is 13. The first-order valence-electron chi connectivity index (χ1n) is 24.2. The van der Waals surface area contributed by atoms with Crippen LogP contribution in [0.3, 0.4) is 0 Å². The topological polar surface area (TPSA) is 8.17 Å². The highest BCUT2D eigenvalue weighted by molar-refractivity contribution is 6.26. The summed E-state index contributed by atoms with van der Waals surface area (Å²) in [5.74, 6) is 0. The van der Waals surface area contributed by atoms with Crippen LogP contribution in [0.5, 0.6) is 0 Å². The molecular formula is C68H44N2. The molecule has 0 spiro atoms. The molecule has 1 aromatic heterocycles. The van der Waals surface area contributed by atoms with Crippen molar-refractivity contribution in [3.8, 4) is 39.1 Å². The standard InChI is InChI=1S/C68H44N2/c1-3-15-45(16-4-1)46-27-33-52(34-28-46)69(51-18-5-2-6-19-51)53-35-29-47(30-36-53)48-31-39-67-65(41-48)66-43-50(63-42-49-17-7-8-20-55(49)56-21-9-13-25-60(56)63)32-40-68(66)70(67)54-37-38-62-59-24-11-10-22-57(59)58-23-12-14-26-61(58)64(62)44-54/h1-44H. The van der Waals surface area contributed by atoms with Crippen molar-refractivity contribution in [1.29, 1.82) is 0 Å². The van der Waals surface area contributed by atoms with Gasteiger partial charge >= 0.3 is 0 Å². The van der Waals surface area contributed by atoms with Crippen LogP contribution in [-0.2, 0) is 0 Å². The van der Waals surface area contributed by atoms with E-state index in [1.807, 2.05) is 0 Å². The second-order valence-corrected chi connectivity index (χ2v) is 18.4. The zero-order chi connectivity index (χ0) is 46.1. The van der Waals surface area contributed by atoms with Gasteiger partial charge < -0.3 is 9.47 Å². The molecule has 1 heterocycles. The van der Waals surface area contributed by atoms with Gasteiger partial charge in [0.05, 0.1) is 11.0 Å². The zero-order valence-electron chi connectivity index (χ0n) is 38.3. The average molecular weight is 889 g/mol. The highest BCUT2D eigenvalue weighted by atomic mass is 15.1. The van der Waals surface area contributed by atoms with Gasteiger partial charge in [-0.1, -0.05) is 188 Å². The van der Waals surface area contributed by atoms with E-state index in [9.17, 15) is 0 Å². The van der Waals surface area contributed by atoms with Crippen molar-refractivity contribution in [2.45, 2.75) is 0 Å². The number of fused-ring (bicyclic) bond motifs is 12. The summed E-state index contributed by atoms with van der Waals surface area (Å²) < 4.78 is 2.48. The summed E-state index contributed by atoms with van der Waals surface area (Å²) in [6, 6.07) is 98.0. The summed E-state index contributed by atoms with van der Waals surface area (Å²) >= 11 is 0. The van der Waals surface area contributed by atoms with Crippen LogP contribution in [0, 0.1) is 0 Å². The third-order valence-electron chi connectivity index (χ3n) is 14.5. The van der Waals surface area contributed by atoms with Crippen LogP contribution < -0.4 is 4.90 Å². The minimum absolute atomic E-state index is 1.10. The average Bonchev–Trinajstić information content (AvgIpc) is 3.77. The Bertz CT molecular complexity index is 4290. The molecule has 0 saturated carbocycles. The normalized spacial score (nSPS) is 11.7. The molecule has 0 amide bonds. The summed E-state index contributed by atoms with van der Waals surface area (Å²) in [6.07, 6.45) is 0. The smallest absolute Gasteiger partial charge is 0.0541 e. The van der Waals surface area contributed by atoms with Crippen LogP contribution in [0.2, 0.25) is 0 Å². The second-order valence-electron chi connectivity index (χ2n) is 18.4. The maximum absolute atomic E-state index is 2.48. The lowest BCUT2D eigenvalue weighted by Crippen LogP contribution is -2.09. The van der Waals surface area contributed by atoms with Gasteiger partial charge in [0, 0.05) is 33.5 Å². The third kappa shape index (κ3) is 6.49. The molecule has 14 rings (SSSR count). The van der Waals surface area contributed by atoms with Gasteiger partial charge in [0.2, 0.25) is 0 Å². The van der Waals surface area contributed by atoms with Crippen molar-refractivity contribution in [2.75, 3.05) is 4.90 Å². The second kappa shape index (κ2) is 16.2. The molecule has 2 heteroatoms. The van der Waals surface area contributed by atoms with Crippen LogP contribution in [0.1, 0.15) is 0 Å². The fourth-order valence-corrected chi connectivity index (χ4v) is 11.2. The summed E-state index contributed by atoms with van der Waals surface area (Å²) in [6.45, 7) is 0. The SMILES string of the molecule is c1ccc(-c2ccc(N(c3ccccc3)c3ccc(-c4ccc5c(c4)c4cc(-c6cc7ccccc7c7ccccc67)ccc4n5-c4ccc5c6ccccc6c6ccccc6c5c4)cc3)cc2)cc1. The number of anilines is 3. The van der Waals surface area contributed by atoms with Crippen molar-refractivity contribution < 1.29 is 0 Å². The van der Waals surface area contributed by atoms with E-state index in [0.29, 0.717) is 0 Å². The maximum atomic E-state index is 2.48. The van der Waals surface area contributed by atoms with Crippen molar-refractivity contribution in [1.82, 2.24) is 4.57 Å². The monoisotopic (exact) mass is 888 g/mol. The van der Waals surface area contributed by atoms with Crippen LogP contribution in [0.4, 0.5) is 17.1 Å². The molecule has 326 valence electrons. The van der Waals surface area contributed by atoms with Gasteiger partial charge in [-0.25, -0.2) is 0 Å². The highest BCUT2D eigenvalue weighted by Gasteiger charge is 2.19. The van der Waals surface area contributed by atoms with Gasteiger partial charge in [0.1, 0.15) is 0 Å². The number of rotatable bonds is 7. The number of hydrogen-bond donors (Lipinski definition) is 0. The van der Waals surface area contributed by atoms with Crippen LogP contribution in [0.25, 0.3) is 115 Å². The number of aromatic nitrogens is 1. The fraction of sp³-hybridized carbons (Fsp3) is 0. The summed E-state index contributed by atoms with van der Waals surface area (Å²) in [5, 5.41) is 15.1. The molecule has 0 atom stereocenters. The minimum Gasteiger partial charge on any atom is -0.311 e. The Kier molecular flexibility index (Phi) is 9.25. The van der Waals surface area contributed by atoms with Gasteiger partial charge in [0.15, 0.2) is 0 Å². The quantitative estimate of drug-likeness (QED) is 0.145. The maximum Gasteiger partial charge on any atom is 0.0541 e. The Morgan fingerprint density at radius 2 is 0.643 bits per heavy atom. The summed E-state index contributed by atoms with van der Waals surface area (Å²) in [7, 11) is 0. The minimum atomic E-state index is 1.10. The van der Waals surface area contributed by atoms with E-state index in [2.05, 4.69) is 276 Å².